The van der Waals surface area contributed by atoms with E-state index in [1.807, 2.05) is 5.38 Å². The van der Waals surface area contributed by atoms with Crippen LogP contribution in [0, 0.1) is 0 Å². The van der Waals surface area contributed by atoms with Crippen molar-refractivity contribution in [1.29, 1.82) is 0 Å². The molecule has 1 aromatic carbocycles. The van der Waals surface area contributed by atoms with Gasteiger partial charge in [-0.2, -0.15) is 0 Å². The number of likely N-dealkylation sites (N-methyl/N-ethyl adjacent to an activating group) is 1. The number of hydrogen-bond acceptors (Lipinski definition) is 4. The lowest BCUT2D eigenvalue weighted by Gasteiger charge is -2.19. The van der Waals surface area contributed by atoms with Gasteiger partial charge in [0.2, 0.25) is 5.91 Å². The number of fused-ring (bicyclic) bond motifs is 1. The lowest BCUT2D eigenvalue weighted by Crippen LogP contribution is -2.19. The Bertz CT molecular complexity index is 666. The molecule has 1 aliphatic rings. The quantitative estimate of drug-likeness (QED) is 0.892. The number of amides is 1. The highest BCUT2D eigenvalue weighted by atomic mass is 32.1. The van der Waals surface area contributed by atoms with Crippen molar-refractivity contribution in [2.45, 2.75) is 38.6 Å². The van der Waals surface area contributed by atoms with Crippen molar-refractivity contribution >= 4 is 22.9 Å². The van der Waals surface area contributed by atoms with Crippen LogP contribution in [0.4, 0.5) is 5.69 Å². The number of carbonyl (C=O) groups excluding carboxylic acids is 1. The minimum atomic E-state index is 0.00554. The van der Waals surface area contributed by atoms with Gasteiger partial charge in [-0.3, -0.25) is 4.79 Å². The number of aryl methyl sites for hydroxylation is 1. The molecule has 5 heteroatoms. The molecule has 2 aromatic rings. The van der Waals surface area contributed by atoms with Crippen LogP contribution in [0.5, 0.6) is 0 Å². The molecule has 0 atom stereocenters. The Kier molecular flexibility index (Phi) is 4.73. The smallest absolute Gasteiger partial charge is 0.226 e. The number of nitrogens with one attached hydrogen (secondary N) is 2. The SMILES string of the molecule is CNC(=O)Cc1nc(CNc2cccc3c2CCCC3)cs1. The van der Waals surface area contributed by atoms with Crippen LogP contribution in [0.15, 0.2) is 23.6 Å². The van der Waals surface area contributed by atoms with E-state index in [-0.39, 0.29) is 5.91 Å². The van der Waals surface area contributed by atoms with Crippen molar-refractivity contribution in [1.82, 2.24) is 10.3 Å². The standard InChI is InChI=1S/C17H21N3OS/c1-18-16(21)9-17-20-13(11-22-17)10-19-15-8-4-6-12-5-2-3-7-14(12)15/h4,6,8,11,19H,2-3,5,7,9-10H2,1H3,(H,18,21). The van der Waals surface area contributed by atoms with Crippen LogP contribution < -0.4 is 10.6 Å². The van der Waals surface area contributed by atoms with Crippen molar-refractivity contribution in [2.75, 3.05) is 12.4 Å². The molecule has 1 aromatic heterocycles. The summed E-state index contributed by atoms with van der Waals surface area (Å²) in [5.74, 6) is 0.00554. The number of benzene rings is 1. The second kappa shape index (κ2) is 6.92. The van der Waals surface area contributed by atoms with Crippen molar-refractivity contribution in [3.05, 3.63) is 45.4 Å². The number of aromatic nitrogens is 1. The predicted octanol–water partition coefficient (Wildman–Crippen LogP) is 2.92. The third-order valence-corrected chi connectivity index (χ3v) is 4.94. The Morgan fingerprint density at radius 1 is 1.32 bits per heavy atom. The number of nitrogens with zero attached hydrogens (tertiary/aromatic N) is 1. The van der Waals surface area contributed by atoms with E-state index in [1.54, 1.807) is 18.4 Å². The lowest BCUT2D eigenvalue weighted by molar-refractivity contribution is -0.119. The van der Waals surface area contributed by atoms with Crippen LogP contribution in [0.3, 0.4) is 0 Å². The Labute approximate surface area is 135 Å². The van der Waals surface area contributed by atoms with Gasteiger partial charge in [0.25, 0.3) is 0 Å². The Hall–Kier alpha value is -1.88. The van der Waals surface area contributed by atoms with Crippen LogP contribution in [0.2, 0.25) is 0 Å². The first kappa shape index (κ1) is 15.0. The van der Waals surface area contributed by atoms with Crippen molar-refractivity contribution in [2.24, 2.45) is 0 Å². The summed E-state index contributed by atoms with van der Waals surface area (Å²) in [6.45, 7) is 0.709. The summed E-state index contributed by atoms with van der Waals surface area (Å²) in [6, 6.07) is 6.52. The highest BCUT2D eigenvalue weighted by Crippen LogP contribution is 2.28. The molecular weight excluding hydrogens is 294 g/mol. The molecule has 4 nitrogen and oxygen atoms in total. The van der Waals surface area contributed by atoms with Gasteiger partial charge in [0, 0.05) is 18.1 Å². The molecule has 116 valence electrons. The second-order valence-electron chi connectivity index (χ2n) is 5.59. The average Bonchev–Trinajstić information content (AvgIpc) is 3.00. The molecule has 0 bridgehead atoms. The molecule has 1 amide bonds. The minimum absolute atomic E-state index is 0.00554. The third kappa shape index (κ3) is 3.47. The molecule has 22 heavy (non-hydrogen) atoms. The second-order valence-corrected chi connectivity index (χ2v) is 6.53. The molecule has 0 saturated heterocycles. The molecule has 0 aliphatic heterocycles. The van der Waals surface area contributed by atoms with E-state index in [0.717, 1.165) is 17.1 Å². The first-order chi connectivity index (χ1) is 10.8. The number of thiazole rings is 1. The van der Waals surface area contributed by atoms with Gasteiger partial charge in [-0.05, 0) is 42.9 Å². The maximum Gasteiger partial charge on any atom is 0.226 e. The number of rotatable bonds is 5. The summed E-state index contributed by atoms with van der Waals surface area (Å²) in [5, 5.41) is 9.04. The van der Waals surface area contributed by atoms with E-state index in [9.17, 15) is 4.79 Å². The monoisotopic (exact) mass is 315 g/mol. The molecule has 1 aliphatic carbocycles. The summed E-state index contributed by atoms with van der Waals surface area (Å²) < 4.78 is 0. The first-order valence-corrected chi connectivity index (χ1v) is 8.62. The van der Waals surface area contributed by atoms with Crippen molar-refractivity contribution in [3.63, 3.8) is 0 Å². The maximum atomic E-state index is 11.4. The van der Waals surface area contributed by atoms with Crippen molar-refractivity contribution in [3.8, 4) is 0 Å². The third-order valence-electron chi connectivity index (χ3n) is 4.05. The summed E-state index contributed by atoms with van der Waals surface area (Å²) >= 11 is 1.55. The highest BCUT2D eigenvalue weighted by Gasteiger charge is 2.13. The van der Waals surface area contributed by atoms with E-state index in [4.69, 9.17) is 0 Å². The molecule has 0 saturated carbocycles. The summed E-state index contributed by atoms with van der Waals surface area (Å²) in [6.07, 6.45) is 5.29. The molecule has 3 rings (SSSR count). The van der Waals surface area contributed by atoms with E-state index >= 15 is 0 Å². The van der Waals surface area contributed by atoms with Crippen LogP contribution in [0.25, 0.3) is 0 Å². The molecule has 0 radical (unpaired) electrons. The van der Waals surface area contributed by atoms with Crippen LogP contribution in [-0.4, -0.2) is 17.9 Å². The lowest BCUT2D eigenvalue weighted by atomic mass is 9.90. The van der Waals surface area contributed by atoms with Gasteiger partial charge < -0.3 is 10.6 Å². The molecule has 2 N–H and O–H groups in total. The number of carbonyl (C=O) groups is 1. The maximum absolute atomic E-state index is 11.4. The van der Waals surface area contributed by atoms with E-state index in [1.165, 1.54) is 36.1 Å². The molecule has 0 fully saturated rings. The number of anilines is 1. The van der Waals surface area contributed by atoms with Gasteiger partial charge in [-0.25, -0.2) is 4.98 Å². The van der Waals surface area contributed by atoms with Crippen LogP contribution in [0.1, 0.15) is 34.7 Å². The Balaban J connectivity index is 1.64. The normalized spacial score (nSPS) is 13.5. The fourth-order valence-electron chi connectivity index (χ4n) is 2.87. The fourth-order valence-corrected chi connectivity index (χ4v) is 3.66. The van der Waals surface area contributed by atoms with Gasteiger partial charge >= 0.3 is 0 Å². The van der Waals surface area contributed by atoms with Gasteiger partial charge in [0.05, 0.1) is 18.7 Å². The Morgan fingerprint density at radius 2 is 2.18 bits per heavy atom. The summed E-state index contributed by atoms with van der Waals surface area (Å²) in [5.41, 5.74) is 5.18. The van der Waals surface area contributed by atoms with E-state index in [2.05, 4.69) is 33.8 Å². The van der Waals surface area contributed by atoms with E-state index in [0.29, 0.717) is 13.0 Å². The summed E-state index contributed by atoms with van der Waals surface area (Å²) in [4.78, 5) is 15.9. The van der Waals surface area contributed by atoms with Gasteiger partial charge in [-0.1, -0.05) is 12.1 Å². The van der Waals surface area contributed by atoms with Crippen LogP contribution >= 0.6 is 11.3 Å². The Morgan fingerprint density at radius 3 is 3.05 bits per heavy atom. The van der Waals surface area contributed by atoms with Gasteiger partial charge in [-0.15, -0.1) is 11.3 Å². The average molecular weight is 315 g/mol. The van der Waals surface area contributed by atoms with Gasteiger partial charge in [0.15, 0.2) is 0 Å². The van der Waals surface area contributed by atoms with Crippen LogP contribution in [-0.2, 0) is 30.6 Å². The van der Waals surface area contributed by atoms with E-state index < -0.39 is 0 Å². The highest BCUT2D eigenvalue weighted by molar-refractivity contribution is 7.09. The zero-order valence-corrected chi connectivity index (χ0v) is 13.6. The number of hydrogen-bond donors (Lipinski definition) is 2. The molecular formula is C17H21N3OS. The fraction of sp³-hybridized carbons (Fsp3) is 0.412. The molecule has 0 spiro atoms. The topological polar surface area (TPSA) is 54.0 Å². The summed E-state index contributed by atoms with van der Waals surface area (Å²) in [7, 11) is 1.65. The zero-order valence-electron chi connectivity index (χ0n) is 12.8. The molecule has 1 heterocycles. The largest absolute Gasteiger partial charge is 0.379 e. The van der Waals surface area contributed by atoms with Gasteiger partial charge in [0.1, 0.15) is 5.01 Å². The molecule has 0 unspecified atom stereocenters. The van der Waals surface area contributed by atoms with Crippen molar-refractivity contribution < 1.29 is 4.79 Å². The zero-order chi connectivity index (χ0) is 15.4. The predicted molar refractivity (Wildman–Crippen MR) is 90.3 cm³/mol. The minimum Gasteiger partial charge on any atom is -0.379 e. The first-order valence-electron chi connectivity index (χ1n) is 7.75.